The van der Waals surface area contributed by atoms with Crippen molar-refractivity contribution >= 4 is 5.95 Å². The lowest BCUT2D eigenvalue weighted by Gasteiger charge is -2.36. The third-order valence-corrected chi connectivity index (χ3v) is 5.14. The van der Waals surface area contributed by atoms with Crippen molar-refractivity contribution in [1.29, 1.82) is 0 Å². The van der Waals surface area contributed by atoms with Gasteiger partial charge in [-0.3, -0.25) is 0 Å². The molecule has 0 spiro atoms. The Morgan fingerprint density at radius 3 is 2.70 bits per heavy atom. The van der Waals surface area contributed by atoms with Gasteiger partial charge in [-0.2, -0.15) is 0 Å². The normalized spacial score (nSPS) is 28.2. The Bertz CT molecular complexity index is 447. The molecule has 1 aromatic rings. The second-order valence-corrected chi connectivity index (χ2v) is 6.61. The molecule has 0 radical (unpaired) electrons. The predicted octanol–water partition coefficient (Wildman–Crippen LogP) is 2.73. The summed E-state index contributed by atoms with van der Waals surface area (Å²) in [6.45, 7) is 6.51. The molecule has 20 heavy (non-hydrogen) atoms. The van der Waals surface area contributed by atoms with Gasteiger partial charge in [0.15, 0.2) is 0 Å². The van der Waals surface area contributed by atoms with Crippen LogP contribution in [0.2, 0.25) is 0 Å². The van der Waals surface area contributed by atoms with E-state index in [1.54, 1.807) is 0 Å². The van der Waals surface area contributed by atoms with E-state index in [2.05, 4.69) is 29.5 Å². The van der Waals surface area contributed by atoms with Gasteiger partial charge in [0, 0.05) is 31.4 Å². The van der Waals surface area contributed by atoms with E-state index in [9.17, 15) is 0 Å². The maximum absolute atomic E-state index is 6.27. The van der Waals surface area contributed by atoms with E-state index in [4.69, 9.17) is 10.7 Å². The van der Waals surface area contributed by atoms with Crippen LogP contribution in [0.3, 0.4) is 0 Å². The maximum atomic E-state index is 6.27. The van der Waals surface area contributed by atoms with E-state index in [-0.39, 0.29) is 6.04 Å². The minimum atomic E-state index is 0.280. The van der Waals surface area contributed by atoms with Gasteiger partial charge in [-0.15, -0.1) is 0 Å². The second-order valence-electron chi connectivity index (χ2n) is 6.61. The van der Waals surface area contributed by atoms with Crippen LogP contribution in [0.1, 0.15) is 57.7 Å². The highest BCUT2D eigenvalue weighted by atomic mass is 15.3. The smallest absolute Gasteiger partial charge is 0.206 e. The van der Waals surface area contributed by atoms with Crippen molar-refractivity contribution in [1.82, 2.24) is 9.55 Å². The molecule has 1 saturated heterocycles. The van der Waals surface area contributed by atoms with Gasteiger partial charge >= 0.3 is 0 Å². The largest absolute Gasteiger partial charge is 0.341 e. The Morgan fingerprint density at radius 1 is 1.30 bits per heavy atom. The highest BCUT2D eigenvalue weighted by Gasteiger charge is 2.28. The van der Waals surface area contributed by atoms with Gasteiger partial charge in [-0.25, -0.2) is 4.98 Å². The van der Waals surface area contributed by atoms with Gasteiger partial charge in [0.25, 0.3) is 0 Å². The third-order valence-electron chi connectivity index (χ3n) is 5.14. The van der Waals surface area contributed by atoms with Crippen LogP contribution < -0.4 is 10.6 Å². The number of anilines is 1. The molecule has 2 N–H and O–H groups in total. The zero-order valence-electron chi connectivity index (χ0n) is 12.9. The van der Waals surface area contributed by atoms with Crippen molar-refractivity contribution in [3.05, 3.63) is 11.9 Å². The van der Waals surface area contributed by atoms with E-state index >= 15 is 0 Å². The molecule has 2 aliphatic rings. The molecule has 1 saturated carbocycles. The monoisotopic (exact) mass is 276 g/mol. The van der Waals surface area contributed by atoms with Gasteiger partial charge in [0.05, 0.1) is 5.69 Å². The quantitative estimate of drug-likeness (QED) is 0.923. The molecule has 0 bridgehead atoms. The molecule has 2 atom stereocenters. The molecule has 0 aromatic carbocycles. The van der Waals surface area contributed by atoms with Crippen LogP contribution in [-0.2, 0) is 6.42 Å². The number of nitrogens with two attached hydrogens (primary N) is 1. The summed E-state index contributed by atoms with van der Waals surface area (Å²) in [5.41, 5.74) is 7.49. The zero-order chi connectivity index (χ0) is 14.1. The number of imidazole rings is 1. The van der Waals surface area contributed by atoms with E-state index in [1.807, 2.05) is 0 Å². The molecule has 1 aromatic heterocycles. The van der Waals surface area contributed by atoms with Gasteiger partial charge in [0.1, 0.15) is 0 Å². The molecule has 112 valence electrons. The fourth-order valence-electron chi connectivity index (χ4n) is 3.57. The first-order valence-electron chi connectivity index (χ1n) is 8.27. The lowest BCUT2D eigenvalue weighted by Crippen LogP contribution is -2.48. The molecular weight excluding hydrogens is 248 g/mol. The SMILES string of the molecule is CCc1cn(C2CCCC2)c(N2CCC(C)C(N)C2)n1. The maximum Gasteiger partial charge on any atom is 0.206 e. The lowest BCUT2D eigenvalue weighted by atomic mass is 9.94. The van der Waals surface area contributed by atoms with E-state index in [0.717, 1.165) is 19.5 Å². The van der Waals surface area contributed by atoms with Gasteiger partial charge in [-0.05, 0) is 31.6 Å². The third kappa shape index (κ3) is 2.58. The Hall–Kier alpha value is -1.03. The van der Waals surface area contributed by atoms with Crippen molar-refractivity contribution in [2.75, 3.05) is 18.0 Å². The van der Waals surface area contributed by atoms with Crippen molar-refractivity contribution in [2.45, 2.75) is 64.5 Å². The Morgan fingerprint density at radius 2 is 2.05 bits per heavy atom. The van der Waals surface area contributed by atoms with Crippen molar-refractivity contribution in [3.63, 3.8) is 0 Å². The Balaban J connectivity index is 1.85. The van der Waals surface area contributed by atoms with Crippen LogP contribution in [0.4, 0.5) is 5.95 Å². The summed E-state index contributed by atoms with van der Waals surface area (Å²) in [5.74, 6) is 1.81. The average Bonchev–Trinajstić information content (AvgIpc) is 3.09. The molecular formula is C16H28N4. The molecule has 1 aliphatic heterocycles. The first-order valence-corrected chi connectivity index (χ1v) is 8.27. The molecule has 3 rings (SSSR count). The molecule has 2 unspecified atom stereocenters. The van der Waals surface area contributed by atoms with E-state index in [1.165, 1.54) is 43.7 Å². The van der Waals surface area contributed by atoms with E-state index in [0.29, 0.717) is 12.0 Å². The molecule has 2 heterocycles. The van der Waals surface area contributed by atoms with Gasteiger partial charge in [0.2, 0.25) is 5.95 Å². The fraction of sp³-hybridized carbons (Fsp3) is 0.812. The summed E-state index contributed by atoms with van der Waals surface area (Å²) in [7, 11) is 0. The first-order chi connectivity index (χ1) is 9.69. The molecule has 2 fully saturated rings. The summed E-state index contributed by atoms with van der Waals surface area (Å²) in [5, 5.41) is 0. The number of aryl methyl sites for hydroxylation is 1. The fourth-order valence-corrected chi connectivity index (χ4v) is 3.57. The minimum Gasteiger partial charge on any atom is -0.341 e. The zero-order valence-corrected chi connectivity index (χ0v) is 12.9. The minimum absolute atomic E-state index is 0.280. The van der Waals surface area contributed by atoms with Crippen molar-refractivity contribution in [3.8, 4) is 0 Å². The van der Waals surface area contributed by atoms with Gasteiger partial charge in [-0.1, -0.05) is 26.7 Å². The van der Waals surface area contributed by atoms with Gasteiger partial charge < -0.3 is 15.2 Å². The Labute approximate surface area is 122 Å². The van der Waals surface area contributed by atoms with Crippen LogP contribution >= 0.6 is 0 Å². The summed E-state index contributed by atoms with van der Waals surface area (Å²) in [6.07, 6.45) is 9.82. The van der Waals surface area contributed by atoms with Crippen molar-refractivity contribution in [2.24, 2.45) is 11.7 Å². The first kappa shape index (κ1) is 13.9. The van der Waals surface area contributed by atoms with Crippen LogP contribution in [-0.4, -0.2) is 28.7 Å². The summed E-state index contributed by atoms with van der Waals surface area (Å²) < 4.78 is 2.45. The number of hydrogen-bond acceptors (Lipinski definition) is 3. The Kier molecular flexibility index (Phi) is 4.01. The summed E-state index contributed by atoms with van der Waals surface area (Å²) in [6, 6.07) is 0.941. The molecule has 0 amide bonds. The topological polar surface area (TPSA) is 47.1 Å². The average molecular weight is 276 g/mol. The van der Waals surface area contributed by atoms with Crippen LogP contribution in [0.15, 0.2) is 6.20 Å². The van der Waals surface area contributed by atoms with E-state index < -0.39 is 0 Å². The molecule has 4 nitrogen and oxygen atoms in total. The second kappa shape index (κ2) is 5.76. The number of piperidine rings is 1. The number of nitrogens with zero attached hydrogens (tertiary/aromatic N) is 3. The number of aromatic nitrogens is 2. The van der Waals surface area contributed by atoms with Crippen molar-refractivity contribution < 1.29 is 0 Å². The number of hydrogen-bond donors (Lipinski definition) is 1. The predicted molar refractivity (Wildman–Crippen MR) is 83.1 cm³/mol. The number of rotatable bonds is 3. The summed E-state index contributed by atoms with van der Waals surface area (Å²) in [4.78, 5) is 7.31. The van der Waals surface area contributed by atoms with Crippen LogP contribution in [0, 0.1) is 5.92 Å². The molecule has 4 heteroatoms. The highest BCUT2D eigenvalue weighted by molar-refractivity contribution is 5.36. The highest BCUT2D eigenvalue weighted by Crippen LogP contribution is 2.34. The standard InChI is InChI=1S/C16H28N4/c1-3-13-10-20(14-6-4-5-7-14)16(18-13)19-9-8-12(2)15(17)11-19/h10,12,14-15H,3-9,11,17H2,1-2H3. The summed E-state index contributed by atoms with van der Waals surface area (Å²) >= 11 is 0. The van der Waals surface area contributed by atoms with Crippen LogP contribution in [0.25, 0.3) is 0 Å². The molecule has 1 aliphatic carbocycles. The lowest BCUT2D eigenvalue weighted by molar-refractivity contribution is 0.371. The van der Waals surface area contributed by atoms with Crippen LogP contribution in [0.5, 0.6) is 0 Å².